The van der Waals surface area contributed by atoms with Gasteiger partial charge in [0, 0.05) is 9.13 Å². The molecule has 0 bridgehead atoms. The molecule has 4 nitrogen and oxygen atoms in total. The zero-order valence-corrected chi connectivity index (χ0v) is 12.1. The maximum atomic E-state index is 11.9. The summed E-state index contributed by atoms with van der Waals surface area (Å²) in [5, 5.41) is 4.87. The van der Waals surface area contributed by atoms with Crippen molar-refractivity contribution in [2.24, 2.45) is 5.73 Å². The van der Waals surface area contributed by atoms with Gasteiger partial charge in [-0.2, -0.15) is 0 Å². The highest BCUT2D eigenvalue weighted by Crippen LogP contribution is 2.23. The van der Waals surface area contributed by atoms with E-state index in [1.807, 2.05) is 12.1 Å². The molecule has 0 spiro atoms. The largest absolute Gasteiger partial charge is 0.366 e. The summed E-state index contributed by atoms with van der Waals surface area (Å²) in [5.74, 6) is -0.800. The van der Waals surface area contributed by atoms with Crippen LogP contribution in [0, 0.1) is 3.57 Å². The predicted molar refractivity (Wildman–Crippen MR) is 79.9 cm³/mol. The van der Waals surface area contributed by atoms with Gasteiger partial charge in [-0.1, -0.05) is 0 Å². The number of primary amides is 1. The lowest BCUT2D eigenvalue weighted by Gasteiger charge is -2.04. The van der Waals surface area contributed by atoms with Gasteiger partial charge in [0.05, 0.1) is 5.56 Å². The molecule has 0 aliphatic carbocycles. The third kappa shape index (κ3) is 2.88. The molecule has 0 aliphatic heterocycles. The van der Waals surface area contributed by atoms with Crippen LogP contribution in [0.2, 0.25) is 0 Å². The van der Waals surface area contributed by atoms with E-state index in [0.717, 1.165) is 3.57 Å². The topological polar surface area (TPSA) is 72.2 Å². The first-order chi connectivity index (χ1) is 8.58. The predicted octanol–water partition coefficient (Wildman–Crippen LogP) is 2.70. The monoisotopic (exact) mass is 372 g/mol. The van der Waals surface area contributed by atoms with Crippen molar-refractivity contribution in [1.29, 1.82) is 0 Å². The Bertz CT molecular complexity index is 592. The van der Waals surface area contributed by atoms with E-state index in [0.29, 0.717) is 16.1 Å². The number of amides is 2. The Kier molecular flexibility index (Phi) is 3.97. The highest BCUT2D eigenvalue weighted by atomic mass is 127. The average Bonchev–Trinajstić information content (AvgIpc) is 2.78. The number of nitrogens with one attached hydrogen (secondary N) is 1. The van der Waals surface area contributed by atoms with Crippen LogP contribution in [0.5, 0.6) is 0 Å². The molecule has 2 rings (SSSR count). The summed E-state index contributed by atoms with van der Waals surface area (Å²) in [7, 11) is 0. The van der Waals surface area contributed by atoms with Crippen LogP contribution in [-0.2, 0) is 0 Å². The molecule has 1 aromatic heterocycles. The van der Waals surface area contributed by atoms with Crippen molar-refractivity contribution >= 4 is 50.7 Å². The van der Waals surface area contributed by atoms with Gasteiger partial charge in [-0.15, -0.1) is 11.3 Å². The molecule has 2 amide bonds. The Balaban J connectivity index is 2.19. The van der Waals surface area contributed by atoms with Crippen LogP contribution in [-0.4, -0.2) is 11.8 Å². The number of nitrogens with two attached hydrogens (primary N) is 1. The zero-order chi connectivity index (χ0) is 13.1. The highest BCUT2D eigenvalue weighted by Gasteiger charge is 2.13. The number of hydrogen-bond acceptors (Lipinski definition) is 3. The summed E-state index contributed by atoms with van der Waals surface area (Å²) in [5.41, 5.74) is 6.08. The molecule has 3 N–H and O–H groups in total. The van der Waals surface area contributed by atoms with Gasteiger partial charge in [0.25, 0.3) is 11.8 Å². The third-order valence-corrected chi connectivity index (χ3v) is 3.81. The second-order valence-electron chi connectivity index (χ2n) is 3.49. The summed E-state index contributed by atoms with van der Waals surface area (Å²) >= 11 is 3.44. The molecule has 6 heteroatoms. The molecule has 0 unspecified atom stereocenters. The average molecular weight is 372 g/mol. The minimum atomic E-state index is -0.547. The van der Waals surface area contributed by atoms with Gasteiger partial charge in [0.1, 0.15) is 5.00 Å². The molecule has 0 fully saturated rings. The zero-order valence-electron chi connectivity index (χ0n) is 9.14. The van der Waals surface area contributed by atoms with E-state index < -0.39 is 5.91 Å². The van der Waals surface area contributed by atoms with Gasteiger partial charge in [-0.25, -0.2) is 0 Å². The lowest BCUT2D eigenvalue weighted by molar-refractivity contribution is 0.100. The second-order valence-corrected chi connectivity index (χ2v) is 5.65. The Labute approximate surface area is 121 Å². The molecule has 2 aromatic rings. The standard InChI is InChI=1S/C12H9IN2O2S/c13-8-3-1-7(2-4-8)11(17)15-12-9(10(14)16)5-6-18-12/h1-6H,(H2,14,16)(H,15,17). The van der Waals surface area contributed by atoms with Crippen molar-refractivity contribution in [1.82, 2.24) is 0 Å². The number of anilines is 1. The van der Waals surface area contributed by atoms with Crippen molar-refractivity contribution < 1.29 is 9.59 Å². The smallest absolute Gasteiger partial charge is 0.256 e. The van der Waals surface area contributed by atoms with E-state index in [1.165, 1.54) is 11.3 Å². The second kappa shape index (κ2) is 5.49. The highest BCUT2D eigenvalue weighted by molar-refractivity contribution is 14.1. The molecule has 0 aliphatic rings. The van der Waals surface area contributed by atoms with E-state index in [9.17, 15) is 9.59 Å². The van der Waals surface area contributed by atoms with E-state index in [4.69, 9.17) is 5.73 Å². The lowest BCUT2D eigenvalue weighted by Crippen LogP contribution is -2.16. The summed E-state index contributed by atoms with van der Waals surface area (Å²) in [6, 6.07) is 8.75. The fourth-order valence-corrected chi connectivity index (χ4v) is 2.52. The number of hydrogen-bond donors (Lipinski definition) is 2. The normalized spacial score (nSPS) is 10.1. The number of rotatable bonds is 3. The van der Waals surface area contributed by atoms with Gasteiger partial charge in [-0.3, -0.25) is 9.59 Å². The molecule has 1 aromatic carbocycles. The SMILES string of the molecule is NC(=O)c1ccsc1NC(=O)c1ccc(I)cc1. The van der Waals surface area contributed by atoms with Crippen LogP contribution >= 0.6 is 33.9 Å². The van der Waals surface area contributed by atoms with Crippen LogP contribution in [0.25, 0.3) is 0 Å². The fourth-order valence-electron chi connectivity index (χ4n) is 1.38. The van der Waals surface area contributed by atoms with Crippen molar-refractivity contribution in [3.63, 3.8) is 0 Å². The number of carbonyl (C=O) groups is 2. The van der Waals surface area contributed by atoms with Crippen molar-refractivity contribution in [2.45, 2.75) is 0 Å². The molecular weight excluding hydrogens is 363 g/mol. The molecular formula is C12H9IN2O2S. The first-order valence-electron chi connectivity index (χ1n) is 5.02. The van der Waals surface area contributed by atoms with Crippen molar-refractivity contribution in [2.75, 3.05) is 5.32 Å². The van der Waals surface area contributed by atoms with Crippen LogP contribution in [0.15, 0.2) is 35.7 Å². The molecule has 0 radical (unpaired) electrons. The quantitative estimate of drug-likeness (QED) is 0.814. The van der Waals surface area contributed by atoms with Gasteiger partial charge in [-0.05, 0) is 58.3 Å². The third-order valence-electron chi connectivity index (χ3n) is 2.26. The summed E-state index contributed by atoms with van der Waals surface area (Å²) in [6.07, 6.45) is 0. The number of halogens is 1. The van der Waals surface area contributed by atoms with Gasteiger partial charge >= 0.3 is 0 Å². The summed E-state index contributed by atoms with van der Waals surface area (Å²) in [6.45, 7) is 0. The fraction of sp³-hybridized carbons (Fsp3) is 0. The minimum Gasteiger partial charge on any atom is -0.366 e. The van der Waals surface area contributed by atoms with Crippen molar-refractivity contribution in [3.8, 4) is 0 Å². The van der Waals surface area contributed by atoms with Crippen LogP contribution in [0.3, 0.4) is 0 Å². The van der Waals surface area contributed by atoms with Crippen LogP contribution in [0.1, 0.15) is 20.7 Å². The summed E-state index contributed by atoms with van der Waals surface area (Å²) in [4.78, 5) is 23.1. The number of carbonyl (C=O) groups excluding carboxylic acids is 2. The minimum absolute atomic E-state index is 0.253. The Morgan fingerprint density at radius 2 is 1.83 bits per heavy atom. The maximum Gasteiger partial charge on any atom is 0.256 e. The molecule has 0 atom stereocenters. The molecule has 1 heterocycles. The number of benzene rings is 1. The lowest BCUT2D eigenvalue weighted by atomic mass is 10.2. The van der Waals surface area contributed by atoms with E-state index in [2.05, 4.69) is 27.9 Å². The van der Waals surface area contributed by atoms with Crippen LogP contribution in [0.4, 0.5) is 5.00 Å². The van der Waals surface area contributed by atoms with E-state index in [1.54, 1.807) is 23.6 Å². The Hall–Kier alpha value is -1.41. The van der Waals surface area contributed by atoms with Gasteiger partial charge in [0.2, 0.25) is 0 Å². The Morgan fingerprint density at radius 1 is 1.17 bits per heavy atom. The summed E-state index contributed by atoms with van der Waals surface area (Å²) < 4.78 is 1.05. The number of thiophene rings is 1. The molecule has 0 saturated heterocycles. The van der Waals surface area contributed by atoms with Crippen LogP contribution < -0.4 is 11.1 Å². The maximum absolute atomic E-state index is 11.9. The van der Waals surface area contributed by atoms with E-state index in [-0.39, 0.29) is 5.91 Å². The first-order valence-corrected chi connectivity index (χ1v) is 6.98. The Morgan fingerprint density at radius 3 is 2.44 bits per heavy atom. The van der Waals surface area contributed by atoms with Gasteiger partial charge < -0.3 is 11.1 Å². The molecule has 0 saturated carbocycles. The van der Waals surface area contributed by atoms with Gasteiger partial charge in [0.15, 0.2) is 0 Å². The van der Waals surface area contributed by atoms with Crippen molar-refractivity contribution in [3.05, 3.63) is 50.4 Å². The first kappa shape index (κ1) is 13.0. The molecule has 18 heavy (non-hydrogen) atoms. The molecule has 92 valence electrons. The van der Waals surface area contributed by atoms with E-state index >= 15 is 0 Å².